The normalized spacial score (nSPS) is 11.8. The number of anilines is 2. The van der Waals surface area contributed by atoms with Gasteiger partial charge >= 0.3 is 5.97 Å². The second-order valence-corrected chi connectivity index (χ2v) is 5.65. The van der Waals surface area contributed by atoms with Crippen LogP contribution in [-0.4, -0.2) is 27.3 Å². The van der Waals surface area contributed by atoms with E-state index in [9.17, 15) is 9.59 Å². The van der Waals surface area contributed by atoms with Crippen molar-refractivity contribution in [3.63, 3.8) is 0 Å². The second-order valence-electron chi connectivity index (χ2n) is 4.41. The molecule has 3 N–H and O–H groups in total. The van der Waals surface area contributed by atoms with E-state index < -0.39 is 18.0 Å². The van der Waals surface area contributed by atoms with E-state index in [1.165, 1.54) is 13.1 Å². The van der Waals surface area contributed by atoms with Gasteiger partial charge in [-0.05, 0) is 37.5 Å². The Morgan fingerprint density at radius 2 is 2.18 bits per heavy atom. The molecular formula is C13H13ClN4O3S. The van der Waals surface area contributed by atoms with Crippen LogP contribution >= 0.6 is 23.1 Å². The van der Waals surface area contributed by atoms with Gasteiger partial charge in [0.25, 0.3) is 5.91 Å². The van der Waals surface area contributed by atoms with Crippen molar-refractivity contribution in [1.29, 1.82) is 0 Å². The molecule has 0 aliphatic heterocycles. The summed E-state index contributed by atoms with van der Waals surface area (Å²) in [6.45, 7) is 3.10. The van der Waals surface area contributed by atoms with Crippen LogP contribution in [0.3, 0.4) is 0 Å². The Morgan fingerprint density at radius 3 is 2.73 bits per heavy atom. The summed E-state index contributed by atoms with van der Waals surface area (Å²) in [4.78, 5) is 27.9. The number of nitrogens with two attached hydrogens (primary N) is 1. The number of hydrogen-bond donors (Lipinski definition) is 2. The minimum Gasteiger partial charge on any atom is -0.449 e. The average Bonchev–Trinajstić information content (AvgIpc) is 2.80. The monoisotopic (exact) mass is 340 g/mol. The van der Waals surface area contributed by atoms with Crippen LogP contribution in [0.15, 0.2) is 18.3 Å². The number of pyridine rings is 1. The highest BCUT2D eigenvalue weighted by Crippen LogP contribution is 2.22. The molecule has 0 aromatic carbocycles. The zero-order valence-electron chi connectivity index (χ0n) is 11.8. The number of aryl methyl sites for hydroxylation is 1. The third-order valence-electron chi connectivity index (χ3n) is 2.72. The molecule has 1 amide bonds. The van der Waals surface area contributed by atoms with E-state index in [0.29, 0.717) is 16.5 Å². The average molecular weight is 341 g/mol. The first-order chi connectivity index (χ1) is 10.4. The quantitative estimate of drug-likeness (QED) is 0.827. The predicted molar refractivity (Wildman–Crippen MR) is 84.0 cm³/mol. The number of rotatable bonds is 4. The maximum Gasteiger partial charge on any atom is 0.343 e. The van der Waals surface area contributed by atoms with Crippen molar-refractivity contribution in [2.45, 2.75) is 20.0 Å². The minimum absolute atomic E-state index is 0.189. The van der Waals surface area contributed by atoms with Crippen LogP contribution in [0, 0.1) is 6.92 Å². The number of esters is 1. The summed E-state index contributed by atoms with van der Waals surface area (Å²) in [7, 11) is 0. The Balaban J connectivity index is 1.99. The number of hydrogen-bond acceptors (Lipinski definition) is 7. The molecule has 0 bridgehead atoms. The van der Waals surface area contributed by atoms with E-state index in [1.54, 1.807) is 19.1 Å². The van der Waals surface area contributed by atoms with E-state index in [0.717, 1.165) is 11.5 Å². The second kappa shape index (κ2) is 6.71. The molecule has 0 fully saturated rings. The largest absolute Gasteiger partial charge is 0.449 e. The Kier molecular flexibility index (Phi) is 4.94. The van der Waals surface area contributed by atoms with Crippen molar-refractivity contribution in [2.24, 2.45) is 0 Å². The van der Waals surface area contributed by atoms with E-state index >= 15 is 0 Å². The van der Waals surface area contributed by atoms with Gasteiger partial charge < -0.3 is 15.8 Å². The Morgan fingerprint density at radius 1 is 1.45 bits per heavy atom. The molecule has 2 heterocycles. The summed E-state index contributed by atoms with van der Waals surface area (Å²) in [5.74, 6) is -0.886. The maximum absolute atomic E-state index is 12.0. The summed E-state index contributed by atoms with van der Waals surface area (Å²) < 4.78 is 9.05. The summed E-state index contributed by atoms with van der Waals surface area (Å²) in [6.07, 6.45) is 0.387. The molecule has 0 aliphatic rings. The lowest BCUT2D eigenvalue weighted by molar-refractivity contribution is -0.123. The SMILES string of the molecule is Cc1nsc(N)c1C(=O)O[C@@H](C)C(=O)Nc1ccc(Cl)cn1. The Labute approximate surface area is 135 Å². The lowest BCUT2D eigenvalue weighted by Crippen LogP contribution is -2.30. The van der Waals surface area contributed by atoms with E-state index in [2.05, 4.69) is 14.7 Å². The van der Waals surface area contributed by atoms with Crippen molar-refractivity contribution < 1.29 is 14.3 Å². The van der Waals surface area contributed by atoms with Crippen LogP contribution in [0.2, 0.25) is 5.02 Å². The number of halogens is 1. The predicted octanol–water partition coefficient (Wildman–Crippen LogP) is 2.27. The Bertz CT molecular complexity index is 682. The van der Waals surface area contributed by atoms with Gasteiger partial charge in [-0.2, -0.15) is 4.37 Å². The van der Waals surface area contributed by atoms with Crippen molar-refractivity contribution in [3.8, 4) is 0 Å². The minimum atomic E-state index is -1.01. The smallest absolute Gasteiger partial charge is 0.343 e. The molecule has 9 heteroatoms. The lowest BCUT2D eigenvalue weighted by atomic mass is 10.2. The van der Waals surface area contributed by atoms with Crippen LogP contribution in [0.25, 0.3) is 0 Å². The number of carbonyl (C=O) groups excluding carboxylic acids is 2. The molecule has 0 saturated carbocycles. The molecule has 2 aromatic rings. The third kappa shape index (κ3) is 3.71. The van der Waals surface area contributed by atoms with Crippen LogP contribution in [0.5, 0.6) is 0 Å². The molecule has 2 rings (SSSR count). The maximum atomic E-state index is 12.0. The molecule has 0 radical (unpaired) electrons. The summed E-state index contributed by atoms with van der Waals surface area (Å²) >= 11 is 6.71. The van der Waals surface area contributed by atoms with E-state index in [4.69, 9.17) is 22.1 Å². The van der Waals surface area contributed by atoms with Gasteiger partial charge in [-0.3, -0.25) is 4.79 Å². The van der Waals surface area contributed by atoms with Gasteiger partial charge in [0.15, 0.2) is 6.10 Å². The number of amides is 1. The zero-order chi connectivity index (χ0) is 16.3. The van der Waals surface area contributed by atoms with Crippen molar-refractivity contribution in [1.82, 2.24) is 9.36 Å². The molecule has 7 nitrogen and oxygen atoms in total. The molecule has 0 spiro atoms. The molecule has 2 aromatic heterocycles. The first-order valence-electron chi connectivity index (χ1n) is 6.23. The van der Waals surface area contributed by atoms with Gasteiger partial charge in [0.1, 0.15) is 16.4 Å². The van der Waals surface area contributed by atoms with Crippen molar-refractivity contribution in [2.75, 3.05) is 11.1 Å². The van der Waals surface area contributed by atoms with Gasteiger partial charge in [0, 0.05) is 6.20 Å². The highest BCUT2D eigenvalue weighted by Gasteiger charge is 2.23. The molecule has 0 saturated heterocycles. The summed E-state index contributed by atoms with van der Waals surface area (Å²) in [5, 5.41) is 3.23. The van der Waals surface area contributed by atoms with E-state index in [1.807, 2.05) is 0 Å². The fourth-order valence-electron chi connectivity index (χ4n) is 1.59. The number of nitrogens with one attached hydrogen (secondary N) is 1. The number of nitrogens with zero attached hydrogens (tertiary/aromatic N) is 2. The number of aromatic nitrogens is 2. The van der Waals surface area contributed by atoms with Gasteiger partial charge in [0.2, 0.25) is 0 Å². The Hall–Kier alpha value is -2.19. The first-order valence-corrected chi connectivity index (χ1v) is 7.38. The lowest BCUT2D eigenvalue weighted by Gasteiger charge is -2.13. The van der Waals surface area contributed by atoms with E-state index in [-0.39, 0.29) is 10.6 Å². The van der Waals surface area contributed by atoms with Gasteiger partial charge in [0.05, 0.1) is 10.7 Å². The zero-order valence-corrected chi connectivity index (χ0v) is 13.4. The third-order valence-corrected chi connectivity index (χ3v) is 3.71. The van der Waals surface area contributed by atoms with Crippen molar-refractivity contribution >= 4 is 45.8 Å². The van der Waals surface area contributed by atoms with Crippen LogP contribution in [0.4, 0.5) is 10.8 Å². The fourth-order valence-corrected chi connectivity index (χ4v) is 2.35. The first kappa shape index (κ1) is 16.2. The molecule has 22 heavy (non-hydrogen) atoms. The van der Waals surface area contributed by atoms with Crippen LogP contribution < -0.4 is 11.1 Å². The fraction of sp³-hybridized carbons (Fsp3) is 0.231. The highest BCUT2D eigenvalue weighted by atomic mass is 35.5. The topological polar surface area (TPSA) is 107 Å². The number of nitrogen functional groups attached to an aromatic ring is 1. The van der Waals surface area contributed by atoms with Crippen molar-refractivity contribution in [3.05, 3.63) is 34.6 Å². The molecule has 1 atom stereocenters. The van der Waals surface area contributed by atoms with Gasteiger partial charge in [-0.1, -0.05) is 11.6 Å². The molecule has 0 unspecified atom stereocenters. The van der Waals surface area contributed by atoms with Gasteiger partial charge in [-0.15, -0.1) is 0 Å². The standard InChI is InChI=1S/C13H13ClN4O3S/c1-6-10(11(15)22-18-6)13(20)21-7(2)12(19)17-9-4-3-8(14)5-16-9/h3-5,7H,15H2,1-2H3,(H,16,17,19)/t7-/m0/s1. The van der Waals surface area contributed by atoms with Crippen LogP contribution in [0.1, 0.15) is 23.0 Å². The molecule has 0 aliphatic carbocycles. The highest BCUT2D eigenvalue weighted by molar-refractivity contribution is 7.10. The number of ether oxygens (including phenoxy) is 1. The number of carbonyl (C=O) groups is 2. The molecular weight excluding hydrogens is 328 g/mol. The van der Waals surface area contributed by atoms with Crippen LogP contribution in [-0.2, 0) is 9.53 Å². The van der Waals surface area contributed by atoms with Gasteiger partial charge in [-0.25, -0.2) is 9.78 Å². The summed E-state index contributed by atoms with van der Waals surface area (Å²) in [6, 6.07) is 3.13. The summed E-state index contributed by atoms with van der Waals surface area (Å²) in [5.41, 5.74) is 6.32. The molecule has 116 valence electrons.